The van der Waals surface area contributed by atoms with Gasteiger partial charge in [0.2, 0.25) is 5.91 Å². The summed E-state index contributed by atoms with van der Waals surface area (Å²) in [5.74, 6) is -0.0177. The van der Waals surface area contributed by atoms with Crippen LogP contribution in [0, 0.1) is 11.8 Å². The summed E-state index contributed by atoms with van der Waals surface area (Å²) in [4.78, 5) is 40.1. The van der Waals surface area contributed by atoms with Gasteiger partial charge in [-0.15, -0.1) is 0 Å². The fraction of sp³-hybridized carbons (Fsp3) is 0.464. The number of carbonyl (C=O) groups is 3. The molecule has 5 rings (SSSR count). The van der Waals surface area contributed by atoms with Gasteiger partial charge in [-0.1, -0.05) is 49.2 Å². The van der Waals surface area contributed by atoms with Gasteiger partial charge in [0.1, 0.15) is 0 Å². The summed E-state index contributed by atoms with van der Waals surface area (Å²) in [6.07, 6.45) is 4.30. The van der Waals surface area contributed by atoms with Gasteiger partial charge < -0.3 is 26.0 Å². The summed E-state index contributed by atoms with van der Waals surface area (Å²) in [5, 5.41) is 6.78. The molecule has 2 aromatic rings. The number of para-hydroxylation sites is 1. The second-order valence-corrected chi connectivity index (χ2v) is 10.1. The standard InChI is InChI=1S/C28H34N4O4/c29-28(35)36-17-15-24-20-14-16-32(25(20)19-10-4-6-12-22(19)30-24)27(34)21-11-5-7-13-23(21)31-26(33)18-8-2-1-3-9-18/h1-4,6,8-10,12,20-21,23-25,30H,5,7,11,13-17H2,(H2,29,35)(H,31,33)/t20-,21+,23-,24+,25+/m1/s1. The summed E-state index contributed by atoms with van der Waals surface area (Å²) in [5.41, 5.74) is 7.91. The molecule has 0 unspecified atom stereocenters. The molecule has 1 saturated heterocycles. The molecule has 3 amide bonds. The van der Waals surface area contributed by atoms with Crippen LogP contribution in [0.25, 0.3) is 0 Å². The van der Waals surface area contributed by atoms with Gasteiger partial charge in [0.15, 0.2) is 0 Å². The van der Waals surface area contributed by atoms with Crippen LogP contribution in [-0.4, -0.2) is 48.0 Å². The Bertz CT molecular complexity index is 1110. The third-order valence-corrected chi connectivity index (χ3v) is 7.97. The Morgan fingerprint density at radius 1 is 1.00 bits per heavy atom. The van der Waals surface area contributed by atoms with E-state index in [0.29, 0.717) is 18.5 Å². The van der Waals surface area contributed by atoms with Gasteiger partial charge in [-0.25, -0.2) is 4.79 Å². The molecule has 2 aromatic carbocycles. The van der Waals surface area contributed by atoms with Crippen LogP contribution in [0.5, 0.6) is 0 Å². The minimum atomic E-state index is -0.771. The maximum absolute atomic E-state index is 14.1. The van der Waals surface area contributed by atoms with Crippen LogP contribution in [0.15, 0.2) is 54.6 Å². The second kappa shape index (κ2) is 10.6. The maximum atomic E-state index is 14.1. The molecule has 36 heavy (non-hydrogen) atoms. The van der Waals surface area contributed by atoms with Crippen molar-refractivity contribution in [2.75, 3.05) is 18.5 Å². The van der Waals surface area contributed by atoms with Crippen LogP contribution in [0.3, 0.4) is 0 Å². The average molecular weight is 491 g/mol. The lowest BCUT2D eigenvalue weighted by molar-refractivity contribution is -0.138. The number of hydrogen-bond donors (Lipinski definition) is 3. The van der Waals surface area contributed by atoms with Crippen molar-refractivity contribution in [2.45, 2.75) is 56.7 Å². The van der Waals surface area contributed by atoms with Crippen LogP contribution in [-0.2, 0) is 9.53 Å². The Labute approximate surface area is 211 Å². The molecule has 1 aliphatic carbocycles. The Morgan fingerprint density at radius 3 is 2.56 bits per heavy atom. The first-order valence-electron chi connectivity index (χ1n) is 13.0. The molecular weight excluding hydrogens is 456 g/mol. The largest absolute Gasteiger partial charge is 0.450 e. The molecule has 3 aliphatic rings. The molecule has 0 spiro atoms. The molecule has 5 atom stereocenters. The molecule has 0 bridgehead atoms. The van der Waals surface area contributed by atoms with Crippen molar-refractivity contribution in [1.82, 2.24) is 10.2 Å². The lowest BCUT2D eigenvalue weighted by atomic mass is 9.80. The minimum absolute atomic E-state index is 0.0408. The number of ether oxygens (including phenoxy) is 1. The van der Waals surface area contributed by atoms with Crippen molar-refractivity contribution >= 4 is 23.6 Å². The highest BCUT2D eigenvalue weighted by Gasteiger charge is 2.48. The maximum Gasteiger partial charge on any atom is 0.404 e. The van der Waals surface area contributed by atoms with E-state index >= 15 is 0 Å². The number of nitrogens with two attached hydrogens (primary N) is 1. The molecule has 2 heterocycles. The topological polar surface area (TPSA) is 114 Å². The number of primary amides is 1. The zero-order valence-electron chi connectivity index (χ0n) is 20.4. The van der Waals surface area contributed by atoms with E-state index in [0.717, 1.165) is 43.4 Å². The molecule has 190 valence electrons. The fourth-order valence-electron chi connectivity index (χ4n) is 6.30. The van der Waals surface area contributed by atoms with Crippen molar-refractivity contribution in [3.63, 3.8) is 0 Å². The highest BCUT2D eigenvalue weighted by atomic mass is 16.5. The fourth-order valence-corrected chi connectivity index (χ4v) is 6.30. The van der Waals surface area contributed by atoms with Crippen molar-refractivity contribution in [1.29, 1.82) is 0 Å². The number of anilines is 1. The summed E-state index contributed by atoms with van der Waals surface area (Å²) in [7, 11) is 0. The summed E-state index contributed by atoms with van der Waals surface area (Å²) in [6, 6.07) is 17.2. The summed E-state index contributed by atoms with van der Waals surface area (Å²) in [6.45, 7) is 0.912. The predicted octanol–water partition coefficient (Wildman–Crippen LogP) is 3.84. The summed E-state index contributed by atoms with van der Waals surface area (Å²) >= 11 is 0. The first-order chi connectivity index (χ1) is 17.5. The van der Waals surface area contributed by atoms with E-state index in [1.54, 1.807) is 12.1 Å². The van der Waals surface area contributed by atoms with Crippen molar-refractivity contribution in [2.24, 2.45) is 17.6 Å². The number of nitrogens with zero attached hydrogens (tertiary/aromatic N) is 1. The van der Waals surface area contributed by atoms with Crippen LogP contribution in [0.1, 0.15) is 60.5 Å². The monoisotopic (exact) mass is 490 g/mol. The van der Waals surface area contributed by atoms with Gasteiger partial charge in [0.25, 0.3) is 5.91 Å². The van der Waals surface area contributed by atoms with E-state index in [-0.39, 0.29) is 48.4 Å². The molecule has 2 aliphatic heterocycles. The van der Waals surface area contributed by atoms with E-state index in [9.17, 15) is 14.4 Å². The van der Waals surface area contributed by atoms with Gasteiger partial charge >= 0.3 is 6.09 Å². The smallest absolute Gasteiger partial charge is 0.404 e. The van der Waals surface area contributed by atoms with E-state index in [4.69, 9.17) is 10.5 Å². The normalized spacial score (nSPS) is 26.8. The minimum Gasteiger partial charge on any atom is -0.450 e. The van der Waals surface area contributed by atoms with Crippen LogP contribution >= 0.6 is 0 Å². The Balaban J connectivity index is 1.35. The van der Waals surface area contributed by atoms with Gasteiger partial charge in [0.05, 0.1) is 18.6 Å². The SMILES string of the molecule is NC(=O)OCC[C@@H]1Nc2ccccc2[C@H]2[C@@H]1CCN2C(=O)[C@H]1CCCC[C@H]1NC(=O)c1ccccc1. The first kappa shape index (κ1) is 24.2. The second-order valence-electron chi connectivity index (χ2n) is 10.1. The third kappa shape index (κ3) is 4.90. The van der Waals surface area contributed by atoms with Crippen LogP contribution < -0.4 is 16.4 Å². The molecule has 4 N–H and O–H groups in total. The van der Waals surface area contributed by atoms with Crippen LogP contribution in [0.4, 0.5) is 10.5 Å². The number of hydrogen-bond acceptors (Lipinski definition) is 5. The zero-order valence-corrected chi connectivity index (χ0v) is 20.4. The molecule has 8 heteroatoms. The van der Waals surface area contributed by atoms with E-state index in [2.05, 4.69) is 16.7 Å². The number of rotatable bonds is 6. The quantitative estimate of drug-likeness (QED) is 0.569. The van der Waals surface area contributed by atoms with Crippen LogP contribution in [0.2, 0.25) is 0 Å². The lowest BCUT2D eigenvalue weighted by Crippen LogP contribution is -2.50. The lowest BCUT2D eigenvalue weighted by Gasteiger charge is -2.42. The van der Waals surface area contributed by atoms with E-state index in [1.165, 1.54) is 0 Å². The first-order valence-corrected chi connectivity index (χ1v) is 13.0. The molecule has 1 saturated carbocycles. The number of benzene rings is 2. The average Bonchev–Trinajstić information content (AvgIpc) is 3.35. The number of carbonyl (C=O) groups excluding carboxylic acids is 3. The Kier molecular flexibility index (Phi) is 7.11. The van der Waals surface area contributed by atoms with Gasteiger partial charge in [-0.2, -0.15) is 0 Å². The summed E-state index contributed by atoms with van der Waals surface area (Å²) < 4.78 is 5.02. The molecule has 2 fully saturated rings. The number of nitrogens with one attached hydrogen (secondary N) is 2. The van der Waals surface area contributed by atoms with Crippen molar-refractivity contribution < 1.29 is 19.1 Å². The van der Waals surface area contributed by atoms with Crippen molar-refractivity contribution in [3.05, 3.63) is 65.7 Å². The number of amides is 3. The highest BCUT2D eigenvalue weighted by molar-refractivity contribution is 5.94. The Hall–Kier alpha value is -3.55. The van der Waals surface area contributed by atoms with Gasteiger partial charge in [-0.05, 0) is 43.0 Å². The molecule has 0 radical (unpaired) electrons. The number of fused-ring (bicyclic) bond motifs is 3. The van der Waals surface area contributed by atoms with Gasteiger partial charge in [0, 0.05) is 42.2 Å². The predicted molar refractivity (Wildman–Crippen MR) is 136 cm³/mol. The molecule has 0 aromatic heterocycles. The van der Waals surface area contributed by atoms with E-state index < -0.39 is 6.09 Å². The van der Waals surface area contributed by atoms with Gasteiger partial charge in [-0.3, -0.25) is 9.59 Å². The third-order valence-electron chi connectivity index (χ3n) is 7.97. The van der Waals surface area contributed by atoms with Crippen molar-refractivity contribution in [3.8, 4) is 0 Å². The Morgan fingerprint density at radius 2 is 1.75 bits per heavy atom. The molecular formula is C28H34N4O4. The molecule has 8 nitrogen and oxygen atoms in total. The zero-order chi connectivity index (χ0) is 25.1. The highest BCUT2D eigenvalue weighted by Crippen LogP contribution is 2.48. The van der Waals surface area contributed by atoms with E-state index in [1.807, 2.05) is 41.3 Å². The number of likely N-dealkylation sites (tertiary alicyclic amines) is 1.